The Hall–Kier alpha value is -2.63. The number of benzene rings is 1. The van der Waals surface area contributed by atoms with Gasteiger partial charge in [-0.25, -0.2) is 4.98 Å². The molecule has 5 rings (SSSR count). The Morgan fingerprint density at radius 1 is 0.933 bits per heavy atom. The number of aromatic nitrogens is 4. The van der Waals surface area contributed by atoms with E-state index in [2.05, 4.69) is 20.1 Å². The minimum Gasteiger partial charge on any atom is -0.351 e. The molecule has 1 aromatic carbocycles. The highest BCUT2D eigenvalue weighted by molar-refractivity contribution is 5.84. The van der Waals surface area contributed by atoms with E-state index in [-0.39, 0.29) is 16.7 Å². The predicted octanol–water partition coefficient (Wildman–Crippen LogP) is 3.60. The van der Waals surface area contributed by atoms with Crippen LogP contribution in [0.25, 0.3) is 16.7 Å². The van der Waals surface area contributed by atoms with Gasteiger partial charge < -0.3 is 4.90 Å². The summed E-state index contributed by atoms with van der Waals surface area (Å²) < 4.78 is 81.5. The standard InChI is InChI=1S/C18H16F6N6/c19-17(20,21)11-6-13-14(7-12(11)18(22,23)24)30-9-25-27-16(30)15(26-13)29-5-4-28-3-1-2-10(28)8-29/h6-7,9-10H,1-5,8H2. The van der Waals surface area contributed by atoms with Crippen molar-refractivity contribution in [1.82, 2.24) is 24.5 Å². The summed E-state index contributed by atoms with van der Waals surface area (Å²) in [6.45, 7) is 3.03. The fraction of sp³-hybridized carbons (Fsp3) is 0.500. The zero-order valence-corrected chi connectivity index (χ0v) is 15.5. The molecule has 0 saturated carbocycles. The third-order valence-corrected chi connectivity index (χ3v) is 5.85. The fourth-order valence-electron chi connectivity index (χ4n) is 4.45. The van der Waals surface area contributed by atoms with E-state index in [0.717, 1.165) is 25.9 Å². The summed E-state index contributed by atoms with van der Waals surface area (Å²) in [5.74, 6) is 0.333. The van der Waals surface area contributed by atoms with Crippen LogP contribution in [0.1, 0.15) is 24.0 Å². The van der Waals surface area contributed by atoms with E-state index in [4.69, 9.17) is 0 Å². The largest absolute Gasteiger partial charge is 0.417 e. The van der Waals surface area contributed by atoms with Gasteiger partial charge in [0.1, 0.15) is 6.33 Å². The summed E-state index contributed by atoms with van der Waals surface area (Å²) in [6.07, 6.45) is -7.04. The first-order valence-electron chi connectivity index (χ1n) is 9.44. The van der Waals surface area contributed by atoms with Crippen LogP contribution in [0.3, 0.4) is 0 Å². The molecule has 2 aromatic heterocycles. The lowest BCUT2D eigenvalue weighted by molar-refractivity contribution is -0.161. The van der Waals surface area contributed by atoms with Crippen LogP contribution in [0.2, 0.25) is 0 Å². The van der Waals surface area contributed by atoms with Crippen molar-refractivity contribution in [2.24, 2.45) is 0 Å². The zero-order valence-electron chi connectivity index (χ0n) is 15.5. The Morgan fingerprint density at radius 3 is 2.40 bits per heavy atom. The van der Waals surface area contributed by atoms with E-state index < -0.39 is 23.5 Å². The summed E-state index contributed by atoms with van der Waals surface area (Å²) in [6, 6.07) is 1.25. The van der Waals surface area contributed by atoms with Crippen LogP contribution in [0.4, 0.5) is 32.2 Å². The van der Waals surface area contributed by atoms with Crippen molar-refractivity contribution < 1.29 is 26.3 Å². The monoisotopic (exact) mass is 430 g/mol. The van der Waals surface area contributed by atoms with E-state index in [1.807, 2.05) is 4.90 Å². The Balaban J connectivity index is 1.71. The highest BCUT2D eigenvalue weighted by Crippen LogP contribution is 2.42. The van der Waals surface area contributed by atoms with Gasteiger partial charge in [0.25, 0.3) is 0 Å². The number of alkyl halides is 6. The lowest BCUT2D eigenvalue weighted by Crippen LogP contribution is -2.50. The normalized spacial score (nSPS) is 21.0. The number of hydrogen-bond donors (Lipinski definition) is 0. The topological polar surface area (TPSA) is 49.6 Å². The average Bonchev–Trinajstić information content (AvgIpc) is 3.33. The first kappa shape index (κ1) is 19.3. The van der Waals surface area contributed by atoms with E-state index >= 15 is 0 Å². The molecule has 0 aliphatic carbocycles. The van der Waals surface area contributed by atoms with Gasteiger partial charge in [-0.1, -0.05) is 0 Å². The van der Waals surface area contributed by atoms with Gasteiger partial charge in [0.15, 0.2) is 5.82 Å². The van der Waals surface area contributed by atoms with Crippen molar-refractivity contribution in [3.63, 3.8) is 0 Å². The van der Waals surface area contributed by atoms with E-state index in [0.29, 0.717) is 37.1 Å². The number of hydrogen-bond acceptors (Lipinski definition) is 5. The third kappa shape index (κ3) is 3.04. The molecule has 3 aromatic rings. The quantitative estimate of drug-likeness (QED) is 0.553. The number of piperazine rings is 1. The van der Waals surface area contributed by atoms with Gasteiger partial charge >= 0.3 is 12.4 Å². The SMILES string of the molecule is FC(F)(F)c1cc2nc(N3CCN4CCCC4C3)c3nncn3c2cc1C(F)(F)F. The van der Waals surface area contributed by atoms with Gasteiger partial charge in [0.2, 0.25) is 5.65 Å². The van der Waals surface area contributed by atoms with Crippen LogP contribution in [0.15, 0.2) is 18.5 Å². The number of nitrogens with zero attached hydrogens (tertiary/aromatic N) is 6. The second-order valence-electron chi connectivity index (χ2n) is 7.62. The van der Waals surface area contributed by atoms with Gasteiger partial charge in [0, 0.05) is 25.7 Å². The van der Waals surface area contributed by atoms with Crippen molar-refractivity contribution >= 4 is 22.5 Å². The van der Waals surface area contributed by atoms with Crippen molar-refractivity contribution in [3.05, 3.63) is 29.6 Å². The molecule has 2 fully saturated rings. The minimum absolute atomic E-state index is 0.126. The molecule has 0 radical (unpaired) electrons. The summed E-state index contributed by atoms with van der Waals surface area (Å²) in [5, 5.41) is 7.75. The van der Waals surface area contributed by atoms with Crippen LogP contribution in [-0.2, 0) is 12.4 Å². The summed E-state index contributed by atoms with van der Waals surface area (Å²) >= 11 is 0. The molecule has 1 unspecified atom stereocenters. The molecule has 0 amide bonds. The number of fused-ring (bicyclic) bond motifs is 4. The molecule has 12 heteroatoms. The maximum atomic E-state index is 13.4. The molecule has 30 heavy (non-hydrogen) atoms. The number of halogens is 6. The first-order chi connectivity index (χ1) is 14.1. The van der Waals surface area contributed by atoms with Crippen molar-refractivity contribution in [1.29, 1.82) is 0 Å². The summed E-state index contributed by atoms with van der Waals surface area (Å²) in [4.78, 5) is 8.62. The van der Waals surface area contributed by atoms with Crippen molar-refractivity contribution in [3.8, 4) is 0 Å². The predicted molar refractivity (Wildman–Crippen MR) is 95.1 cm³/mol. The Morgan fingerprint density at radius 2 is 1.67 bits per heavy atom. The lowest BCUT2D eigenvalue weighted by Gasteiger charge is -2.38. The Kier molecular flexibility index (Phi) is 4.15. The van der Waals surface area contributed by atoms with Crippen LogP contribution >= 0.6 is 0 Å². The molecule has 4 heterocycles. The number of rotatable bonds is 1. The van der Waals surface area contributed by atoms with Gasteiger partial charge in [0.05, 0.1) is 22.2 Å². The van der Waals surface area contributed by atoms with Crippen LogP contribution in [0, 0.1) is 0 Å². The maximum absolute atomic E-state index is 13.4. The molecule has 0 N–H and O–H groups in total. The molecule has 2 aliphatic rings. The molecule has 2 saturated heterocycles. The van der Waals surface area contributed by atoms with Gasteiger partial charge in [-0.05, 0) is 31.5 Å². The summed E-state index contributed by atoms with van der Waals surface area (Å²) in [7, 11) is 0. The third-order valence-electron chi connectivity index (χ3n) is 5.85. The first-order valence-corrected chi connectivity index (χ1v) is 9.44. The van der Waals surface area contributed by atoms with Crippen molar-refractivity contribution in [2.45, 2.75) is 31.2 Å². The molecular weight excluding hydrogens is 414 g/mol. The van der Waals surface area contributed by atoms with E-state index in [1.54, 1.807) is 0 Å². The van der Waals surface area contributed by atoms with E-state index in [9.17, 15) is 26.3 Å². The maximum Gasteiger partial charge on any atom is 0.417 e. The van der Waals surface area contributed by atoms with Crippen LogP contribution < -0.4 is 4.90 Å². The van der Waals surface area contributed by atoms with Crippen molar-refractivity contribution in [2.75, 3.05) is 31.1 Å². The molecule has 160 valence electrons. The van der Waals surface area contributed by atoms with Crippen LogP contribution in [-0.4, -0.2) is 56.7 Å². The average molecular weight is 430 g/mol. The Labute approximate surface area is 166 Å². The molecule has 6 nitrogen and oxygen atoms in total. The number of anilines is 1. The molecular formula is C18H16F6N6. The highest BCUT2D eigenvalue weighted by Gasteiger charge is 2.44. The van der Waals surface area contributed by atoms with Crippen LogP contribution in [0.5, 0.6) is 0 Å². The Bertz CT molecular complexity index is 1120. The smallest absolute Gasteiger partial charge is 0.351 e. The molecule has 1 atom stereocenters. The lowest BCUT2D eigenvalue weighted by atomic mass is 10.0. The highest BCUT2D eigenvalue weighted by atomic mass is 19.4. The van der Waals surface area contributed by atoms with E-state index in [1.165, 1.54) is 10.7 Å². The minimum atomic E-state index is -5.17. The zero-order chi connectivity index (χ0) is 21.3. The second kappa shape index (κ2) is 6.43. The summed E-state index contributed by atoms with van der Waals surface area (Å²) in [5.41, 5.74) is -3.60. The fourth-order valence-corrected chi connectivity index (χ4v) is 4.45. The second-order valence-corrected chi connectivity index (χ2v) is 7.62. The van der Waals surface area contributed by atoms with Gasteiger partial charge in [-0.2, -0.15) is 26.3 Å². The molecule has 0 spiro atoms. The van der Waals surface area contributed by atoms with Gasteiger partial charge in [-0.3, -0.25) is 9.30 Å². The van der Waals surface area contributed by atoms with Gasteiger partial charge in [-0.15, -0.1) is 10.2 Å². The molecule has 0 bridgehead atoms. The molecule has 2 aliphatic heterocycles.